The van der Waals surface area contributed by atoms with Crippen LogP contribution in [0.15, 0.2) is 22.4 Å². The van der Waals surface area contributed by atoms with Crippen LogP contribution in [0.1, 0.15) is 39.0 Å². The van der Waals surface area contributed by atoms with Crippen molar-refractivity contribution in [3.05, 3.63) is 12.2 Å². The maximum absolute atomic E-state index is 12.5. The molecule has 3 aliphatic rings. The molecular weight excluding hydrogens is 320 g/mol. The molecule has 7 nitrogen and oxygen atoms in total. The molecule has 0 spiro atoms. The Balaban J connectivity index is 1.52. The summed E-state index contributed by atoms with van der Waals surface area (Å²) in [6.07, 6.45) is 12.1. The lowest BCUT2D eigenvalue weighted by molar-refractivity contribution is -0.147. The maximum atomic E-state index is 12.5. The van der Waals surface area contributed by atoms with Gasteiger partial charge in [-0.3, -0.25) is 19.3 Å². The molecule has 132 valence electrons. The molecule has 0 saturated carbocycles. The topological polar surface area (TPSA) is 91.2 Å². The van der Waals surface area contributed by atoms with Gasteiger partial charge in [0, 0.05) is 25.8 Å². The van der Waals surface area contributed by atoms with E-state index in [0.717, 1.165) is 4.90 Å². The molecule has 3 rings (SSSR count). The van der Waals surface area contributed by atoms with Crippen LogP contribution in [0.5, 0.6) is 0 Å². The number of imide groups is 1. The largest absolute Gasteiger partial charge is 0.354 e. The Labute approximate surface area is 146 Å². The molecule has 0 aromatic heterocycles. The molecule has 0 aromatic carbocycles. The fourth-order valence-corrected chi connectivity index (χ4v) is 3.53. The van der Waals surface area contributed by atoms with Crippen molar-refractivity contribution in [1.82, 2.24) is 10.2 Å². The molecule has 25 heavy (non-hydrogen) atoms. The van der Waals surface area contributed by atoms with Gasteiger partial charge in [-0.1, -0.05) is 12.2 Å². The number of nitrogens with zero attached hydrogens (tertiary/aromatic N) is 3. The highest BCUT2D eigenvalue weighted by Gasteiger charge is 2.50. The summed E-state index contributed by atoms with van der Waals surface area (Å²) in [5.41, 5.74) is -0.456. The highest BCUT2D eigenvalue weighted by atomic mass is 16.2. The highest BCUT2D eigenvalue weighted by molar-refractivity contribution is 6.08. The quantitative estimate of drug-likeness (QED) is 0.431. The molecule has 2 aliphatic heterocycles. The fourth-order valence-electron chi connectivity index (χ4n) is 3.53. The highest BCUT2D eigenvalue weighted by Crippen LogP contribution is 2.37. The lowest BCUT2D eigenvalue weighted by atomic mass is 9.85. The monoisotopic (exact) mass is 342 g/mol. The van der Waals surface area contributed by atoms with Crippen LogP contribution in [0.3, 0.4) is 0 Å². The van der Waals surface area contributed by atoms with E-state index in [9.17, 15) is 14.4 Å². The average molecular weight is 342 g/mol. The standard InChI is InChI=1S/C18H22N4O3/c1-3-4-9-18(20-21-18)10-11-19-15(23)12(2)22-16(24)13-7-5-6-8-14(13)17(22)25/h1,5-6,12-14H,4,7-11H2,2H3,(H,19,23). The van der Waals surface area contributed by atoms with E-state index >= 15 is 0 Å². The van der Waals surface area contributed by atoms with Gasteiger partial charge in [0.25, 0.3) is 0 Å². The van der Waals surface area contributed by atoms with Gasteiger partial charge in [0.05, 0.1) is 11.8 Å². The molecule has 2 heterocycles. The Hall–Kier alpha value is -2.49. The van der Waals surface area contributed by atoms with Gasteiger partial charge in [0.1, 0.15) is 6.04 Å². The van der Waals surface area contributed by atoms with Crippen molar-refractivity contribution >= 4 is 17.7 Å². The van der Waals surface area contributed by atoms with Crippen LogP contribution in [0.25, 0.3) is 0 Å². The summed E-state index contributed by atoms with van der Waals surface area (Å²) in [4.78, 5) is 38.5. The number of allylic oxidation sites excluding steroid dienone is 2. The van der Waals surface area contributed by atoms with Gasteiger partial charge in [-0.2, -0.15) is 10.2 Å². The first-order valence-corrected chi connectivity index (χ1v) is 8.66. The van der Waals surface area contributed by atoms with Crippen LogP contribution >= 0.6 is 0 Å². The van der Waals surface area contributed by atoms with Gasteiger partial charge < -0.3 is 5.32 Å². The number of carbonyl (C=O) groups is 3. The third-order valence-electron chi connectivity index (χ3n) is 5.19. The summed E-state index contributed by atoms with van der Waals surface area (Å²) in [7, 11) is 0. The van der Waals surface area contributed by atoms with E-state index in [1.54, 1.807) is 6.92 Å². The molecule has 1 aliphatic carbocycles. The number of hydrogen-bond acceptors (Lipinski definition) is 5. The maximum Gasteiger partial charge on any atom is 0.243 e. The lowest BCUT2D eigenvalue weighted by Gasteiger charge is -2.22. The normalized spacial score (nSPS) is 27.0. The van der Waals surface area contributed by atoms with Crippen molar-refractivity contribution in [2.24, 2.45) is 22.1 Å². The van der Waals surface area contributed by atoms with E-state index in [2.05, 4.69) is 21.5 Å². The van der Waals surface area contributed by atoms with Crippen molar-refractivity contribution in [3.8, 4) is 12.3 Å². The summed E-state index contributed by atoms with van der Waals surface area (Å²) in [6, 6.07) is -0.805. The molecule has 1 fully saturated rings. The third kappa shape index (κ3) is 3.34. The molecule has 7 heteroatoms. The van der Waals surface area contributed by atoms with Gasteiger partial charge in [0.2, 0.25) is 17.7 Å². The Kier molecular flexibility index (Phi) is 4.71. The van der Waals surface area contributed by atoms with E-state index < -0.39 is 11.7 Å². The first kappa shape index (κ1) is 17.3. The number of likely N-dealkylation sites (tertiary alicyclic amines) is 1. The van der Waals surface area contributed by atoms with Gasteiger partial charge in [-0.25, -0.2) is 0 Å². The summed E-state index contributed by atoms with van der Waals surface area (Å²) in [5, 5.41) is 10.8. The van der Waals surface area contributed by atoms with Crippen LogP contribution in [-0.2, 0) is 14.4 Å². The second-order valence-electron chi connectivity index (χ2n) is 6.81. The minimum Gasteiger partial charge on any atom is -0.354 e. The van der Waals surface area contributed by atoms with E-state index in [0.29, 0.717) is 38.6 Å². The Morgan fingerprint density at radius 2 is 1.92 bits per heavy atom. The minimum absolute atomic E-state index is 0.236. The lowest BCUT2D eigenvalue weighted by Crippen LogP contribution is -2.48. The Morgan fingerprint density at radius 1 is 1.32 bits per heavy atom. The Morgan fingerprint density at radius 3 is 2.44 bits per heavy atom. The molecule has 3 amide bonds. The smallest absolute Gasteiger partial charge is 0.243 e. The second kappa shape index (κ2) is 6.79. The van der Waals surface area contributed by atoms with Crippen molar-refractivity contribution in [2.45, 2.75) is 50.7 Å². The summed E-state index contributed by atoms with van der Waals surface area (Å²) in [5.74, 6) is 1.12. The third-order valence-corrected chi connectivity index (χ3v) is 5.19. The predicted octanol–water partition coefficient (Wildman–Crippen LogP) is 1.41. The molecule has 0 bridgehead atoms. The van der Waals surface area contributed by atoms with Crippen molar-refractivity contribution in [3.63, 3.8) is 0 Å². The van der Waals surface area contributed by atoms with E-state index in [-0.39, 0.29) is 29.6 Å². The first-order chi connectivity index (χ1) is 12.0. The summed E-state index contributed by atoms with van der Waals surface area (Å²) >= 11 is 0. The van der Waals surface area contributed by atoms with Crippen molar-refractivity contribution in [1.29, 1.82) is 0 Å². The molecule has 0 radical (unpaired) electrons. The van der Waals surface area contributed by atoms with Gasteiger partial charge in [-0.05, 0) is 19.8 Å². The van der Waals surface area contributed by atoms with Crippen LogP contribution in [0.2, 0.25) is 0 Å². The number of fused-ring (bicyclic) bond motifs is 1. The van der Waals surface area contributed by atoms with Crippen molar-refractivity contribution in [2.75, 3.05) is 6.54 Å². The van der Waals surface area contributed by atoms with Crippen LogP contribution in [0, 0.1) is 24.2 Å². The van der Waals surface area contributed by atoms with Crippen LogP contribution in [0.4, 0.5) is 0 Å². The van der Waals surface area contributed by atoms with Gasteiger partial charge in [-0.15, -0.1) is 12.3 Å². The van der Waals surface area contributed by atoms with Gasteiger partial charge >= 0.3 is 0 Å². The molecular formula is C18H22N4O3. The zero-order chi connectivity index (χ0) is 18.0. The number of rotatable bonds is 7. The van der Waals surface area contributed by atoms with E-state index in [1.165, 1.54) is 0 Å². The minimum atomic E-state index is -0.805. The number of hydrogen-bond donors (Lipinski definition) is 1. The fraction of sp³-hybridized carbons (Fsp3) is 0.611. The SMILES string of the molecule is C#CCCC1(CCNC(=O)C(C)N2C(=O)C3CC=CCC3C2=O)N=N1. The van der Waals surface area contributed by atoms with E-state index in [1.807, 2.05) is 12.2 Å². The first-order valence-electron chi connectivity index (χ1n) is 8.66. The Bertz CT molecular complexity index is 659. The zero-order valence-corrected chi connectivity index (χ0v) is 14.3. The van der Waals surface area contributed by atoms with Crippen LogP contribution in [-0.4, -0.2) is 40.9 Å². The predicted molar refractivity (Wildman–Crippen MR) is 89.9 cm³/mol. The number of nitrogens with one attached hydrogen (secondary N) is 1. The van der Waals surface area contributed by atoms with Crippen LogP contribution < -0.4 is 5.32 Å². The molecule has 3 atom stereocenters. The molecule has 1 saturated heterocycles. The number of terminal acetylenes is 1. The van der Waals surface area contributed by atoms with Gasteiger partial charge in [0.15, 0.2) is 5.66 Å². The van der Waals surface area contributed by atoms with E-state index in [4.69, 9.17) is 6.42 Å². The summed E-state index contributed by atoms with van der Waals surface area (Å²) in [6.45, 7) is 1.97. The zero-order valence-electron chi connectivity index (χ0n) is 14.3. The summed E-state index contributed by atoms with van der Waals surface area (Å²) < 4.78 is 0. The molecule has 3 unspecified atom stereocenters. The molecule has 1 N–H and O–H groups in total. The number of amides is 3. The number of carbonyl (C=O) groups excluding carboxylic acids is 3. The second-order valence-corrected chi connectivity index (χ2v) is 6.81. The average Bonchev–Trinajstić information content (AvgIpc) is 3.34. The van der Waals surface area contributed by atoms with Crippen molar-refractivity contribution < 1.29 is 14.4 Å². The molecule has 0 aromatic rings.